The second-order valence-electron chi connectivity index (χ2n) is 7.33. The van der Waals surface area contributed by atoms with Crippen molar-refractivity contribution < 1.29 is 9.53 Å². The molecule has 4 rings (SSSR count). The van der Waals surface area contributed by atoms with E-state index in [4.69, 9.17) is 16.3 Å². The highest BCUT2D eigenvalue weighted by Gasteiger charge is 2.11. The van der Waals surface area contributed by atoms with E-state index in [2.05, 4.69) is 20.6 Å². The number of carbonyl (C=O) groups is 1. The lowest BCUT2D eigenvalue weighted by molar-refractivity contribution is 0.0953. The Hall–Kier alpha value is -3.64. The molecule has 0 fully saturated rings. The molecule has 162 valence electrons. The summed E-state index contributed by atoms with van der Waals surface area (Å²) in [6.45, 7) is 4.60. The van der Waals surface area contributed by atoms with Crippen molar-refractivity contribution in [2.45, 2.75) is 20.3 Å². The van der Waals surface area contributed by atoms with Gasteiger partial charge in [-0.25, -0.2) is 9.97 Å². The summed E-state index contributed by atoms with van der Waals surface area (Å²) < 4.78 is 6.10. The number of nitrogens with zero attached hydrogens (tertiary/aromatic N) is 2. The van der Waals surface area contributed by atoms with Gasteiger partial charge in [-0.3, -0.25) is 4.79 Å². The summed E-state index contributed by atoms with van der Waals surface area (Å²) in [6.07, 6.45) is 2.60. The number of fused-ring (bicyclic) bond motifs is 1. The highest BCUT2D eigenvalue weighted by Crippen LogP contribution is 2.35. The molecule has 0 aliphatic carbocycles. The number of pyridine rings is 2. The van der Waals surface area contributed by atoms with Gasteiger partial charge in [-0.2, -0.15) is 0 Å². The first-order valence-corrected chi connectivity index (χ1v) is 10.8. The van der Waals surface area contributed by atoms with Crippen LogP contribution in [0.15, 0.2) is 66.9 Å². The predicted octanol–water partition coefficient (Wildman–Crippen LogP) is 6.27. The second kappa shape index (κ2) is 9.66. The SMILES string of the molecule is CCCNC(=O)c1ccc(Oc2ccc(Cl)cc2Nc2ccnc3nc(C)ccc23)cc1. The summed E-state index contributed by atoms with van der Waals surface area (Å²) in [7, 11) is 0. The summed E-state index contributed by atoms with van der Waals surface area (Å²) in [5.74, 6) is 1.11. The molecule has 4 aromatic rings. The maximum absolute atomic E-state index is 12.1. The van der Waals surface area contributed by atoms with Gasteiger partial charge >= 0.3 is 0 Å². The maximum atomic E-state index is 12.1. The van der Waals surface area contributed by atoms with Crippen LogP contribution in [0.2, 0.25) is 5.02 Å². The van der Waals surface area contributed by atoms with Gasteiger partial charge in [0, 0.05) is 34.4 Å². The van der Waals surface area contributed by atoms with Crippen LogP contribution in [0.1, 0.15) is 29.4 Å². The zero-order valence-electron chi connectivity index (χ0n) is 17.9. The quantitative estimate of drug-likeness (QED) is 0.350. The molecule has 2 heterocycles. The monoisotopic (exact) mass is 446 g/mol. The van der Waals surface area contributed by atoms with Crippen LogP contribution in [0, 0.1) is 6.92 Å². The zero-order valence-corrected chi connectivity index (χ0v) is 18.6. The molecule has 7 heteroatoms. The van der Waals surface area contributed by atoms with Crippen molar-refractivity contribution in [1.29, 1.82) is 0 Å². The minimum atomic E-state index is -0.0966. The predicted molar refractivity (Wildman–Crippen MR) is 128 cm³/mol. The normalized spacial score (nSPS) is 10.7. The van der Waals surface area contributed by atoms with Gasteiger partial charge in [0.25, 0.3) is 5.91 Å². The van der Waals surface area contributed by atoms with Crippen molar-refractivity contribution in [2.24, 2.45) is 0 Å². The van der Waals surface area contributed by atoms with Crippen molar-refractivity contribution in [3.63, 3.8) is 0 Å². The van der Waals surface area contributed by atoms with Gasteiger partial charge in [0.1, 0.15) is 5.75 Å². The minimum absolute atomic E-state index is 0.0966. The van der Waals surface area contributed by atoms with Crippen LogP contribution in [0.25, 0.3) is 11.0 Å². The number of halogens is 1. The number of hydrogen-bond donors (Lipinski definition) is 2. The summed E-state index contributed by atoms with van der Waals surface area (Å²) in [4.78, 5) is 20.9. The third-order valence-electron chi connectivity index (χ3n) is 4.83. The fourth-order valence-corrected chi connectivity index (χ4v) is 3.38. The van der Waals surface area contributed by atoms with E-state index in [1.54, 1.807) is 48.7 Å². The lowest BCUT2D eigenvalue weighted by Gasteiger charge is -2.15. The fourth-order valence-electron chi connectivity index (χ4n) is 3.21. The molecule has 0 spiro atoms. The molecular formula is C25H23ClN4O2. The lowest BCUT2D eigenvalue weighted by atomic mass is 10.2. The molecule has 2 aromatic heterocycles. The largest absolute Gasteiger partial charge is 0.455 e. The van der Waals surface area contributed by atoms with Gasteiger partial charge in [-0.15, -0.1) is 0 Å². The van der Waals surface area contributed by atoms with E-state index in [1.807, 2.05) is 32.0 Å². The van der Waals surface area contributed by atoms with Gasteiger partial charge in [-0.1, -0.05) is 18.5 Å². The van der Waals surface area contributed by atoms with E-state index in [0.717, 1.165) is 23.2 Å². The molecule has 6 nitrogen and oxygen atoms in total. The van der Waals surface area contributed by atoms with Gasteiger partial charge in [0.15, 0.2) is 11.4 Å². The van der Waals surface area contributed by atoms with Crippen molar-refractivity contribution in [3.05, 3.63) is 83.1 Å². The van der Waals surface area contributed by atoms with Crippen LogP contribution in [0.5, 0.6) is 11.5 Å². The molecule has 0 radical (unpaired) electrons. The number of aryl methyl sites for hydroxylation is 1. The molecule has 2 aromatic carbocycles. The zero-order chi connectivity index (χ0) is 22.5. The van der Waals surface area contributed by atoms with Crippen molar-refractivity contribution in [1.82, 2.24) is 15.3 Å². The van der Waals surface area contributed by atoms with Crippen LogP contribution >= 0.6 is 11.6 Å². The summed E-state index contributed by atoms with van der Waals surface area (Å²) in [5, 5.41) is 7.73. The van der Waals surface area contributed by atoms with Gasteiger partial charge in [0.05, 0.1) is 11.4 Å². The Morgan fingerprint density at radius 2 is 1.84 bits per heavy atom. The Morgan fingerprint density at radius 3 is 2.62 bits per heavy atom. The second-order valence-corrected chi connectivity index (χ2v) is 7.77. The van der Waals surface area contributed by atoms with Crippen LogP contribution < -0.4 is 15.4 Å². The highest BCUT2D eigenvalue weighted by atomic mass is 35.5. The topological polar surface area (TPSA) is 76.1 Å². The fraction of sp³-hybridized carbons (Fsp3) is 0.160. The Kier molecular flexibility index (Phi) is 6.52. The van der Waals surface area contributed by atoms with Gasteiger partial charge in [0.2, 0.25) is 0 Å². The molecule has 0 aliphatic heterocycles. The molecule has 0 bridgehead atoms. The van der Waals surface area contributed by atoms with Crippen LogP contribution in [-0.2, 0) is 0 Å². The number of rotatable bonds is 7. The van der Waals surface area contributed by atoms with Crippen LogP contribution in [0.4, 0.5) is 11.4 Å². The first-order valence-electron chi connectivity index (χ1n) is 10.4. The van der Waals surface area contributed by atoms with E-state index in [-0.39, 0.29) is 5.91 Å². The van der Waals surface area contributed by atoms with E-state index in [0.29, 0.717) is 40.0 Å². The van der Waals surface area contributed by atoms with E-state index >= 15 is 0 Å². The van der Waals surface area contributed by atoms with Crippen molar-refractivity contribution in [3.8, 4) is 11.5 Å². The number of anilines is 2. The van der Waals surface area contributed by atoms with Crippen LogP contribution in [0.3, 0.4) is 0 Å². The smallest absolute Gasteiger partial charge is 0.251 e. The molecule has 0 saturated heterocycles. The number of benzene rings is 2. The Balaban J connectivity index is 1.59. The Bertz CT molecular complexity index is 1260. The average Bonchev–Trinajstić information content (AvgIpc) is 2.79. The first-order chi connectivity index (χ1) is 15.5. The van der Waals surface area contributed by atoms with Crippen molar-refractivity contribution >= 4 is 39.9 Å². The third-order valence-corrected chi connectivity index (χ3v) is 5.07. The number of hydrogen-bond acceptors (Lipinski definition) is 5. The van der Waals surface area contributed by atoms with Crippen molar-refractivity contribution in [2.75, 3.05) is 11.9 Å². The summed E-state index contributed by atoms with van der Waals surface area (Å²) in [5.41, 5.74) is 3.70. The Morgan fingerprint density at radius 1 is 1.03 bits per heavy atom. The number of carbonyl (C=O) groups excluding carboxylic acids is 1. The molecule has 32 heavy (non-hydrogen) atoms. The lowest BCUT2D eigenvalue weighted by Crippen LogP contribution is -2.23. The number of amides is 1. The first kappa shape index (κ1) is 21.6. The maximum Gasteiger partial charge on any atom is 0.251 e. The minimum Gasteiger partial charge on any atom is -0.455 e. The third kappa shape index (κ3) is 4.98. The summed E-state index contributed by atoms with van der Waals surface area (Å²) >= 11 is 6.26. The number of aromatic nitrogens is 2. The van der Waals surface area contributed by atoms with E-state index < -0.39 is 0 Å². The molecule has 0 unspecified atom stereocenters. The van der Waals surface area contributed by atoms with E-state index in [1.165, 1.54) is 0 Å². The van der Waals surface area contributed by atoms with Gasteiger partial charge < -0.3 is 15.4 Å². The molecular weight excluding hydrogens is 424 g/mol. The average molecular weight is 447 g/mol. The molecule has 0 atom stereocenters. The van der Waals surface area contributed by atoms with E-state index in [9.17, 15) is 4.79 Å². The highest BCUT2D eigenvalue weighted by molar-refractivity contribution is 6.31. The number of ether oxygens (including phenoxy) is 1. The summed E-state index contributed by atoms with van der Waals surface area (Å²) in [6, 6.07) is 18.2. The Labute approximate surface area is 191 Å². The number of nitrogens with one attached hydrogen (secondary N) is 2. The molecule has 2 N–H and O–H groups in total. The molecule has 0 saturated carbocycles. The molecule has 1 amide bonds. The van der Waals surface area contributed by atoms with Crippen LogP contribution in [-0.4, -0.2) is 22.4 Å². The molecule has 0 aliphatic rings. The standard InChI is InChI=1S/C25H23ClN4O2/c1-3-13-28-25(31)17-5-8-19(9-6-17)32-23-11-7-18(26)15-22(23)30-21-12-14-27-24-20(21)10-4-16(2)29-24/h4-12,14-15H,3,13H2,1-2H3,(H,28,31)(H,27,29,30). The van der Waals surface area contributed by atoms with Gasteiger partial charge in [-0.05, 0) is 74.0 Å².